The number of nitrogens with zero attached hydrogens (tertiary/aromatic N) is 1. The maximum atomic E-state index is 11.8. The second-order valence-electron chi connectivity index (χ2n) is 3.59. The van der Waals surface area contributed by atoms with Crippen molar-refractivity contribution in [3.8, 4) is 0 Å². The minimum atomic E-state index is -0.628. The van der Waals surface area contributed by atoms with Gasteiger partial charge in [-0.2, -0.15) is 0 Å². The van der Waals surface area contributed by atoms with E-state index in [9.17, 15) is 9.90 Å². The highest BCUT2D eigenvalue weighted by Crippen LogP contribution is 2.24. The lowest BCUT2D eigenvalue weighted by Crippen LogP contribution is -2.11. The quantitative estimate of drug-likeness (QED) is 0.390. The van der Waals surface area contributed by atoms with Crippen molar-refractivity contribution in [2.75, 3.05) is 13.2 Å². The first-order chi connectivity index (χ1) is 9.11. The third kappa shape index (κ3) is 4.10. The fraction of sp³-hybridized carbons (Fsp3) is 0.286. The lowest BCUT2D eigenvalue weighted by Gasteiger charge is -2.08. The standard InChI is InChI=1S/C14H16ClNO3/c1-3-16-9-11(14(18)19-4-2)13(17)10-7-5-6-8-12(10)15/h5-9,17H,3-4H2,1-2H3/b13-11+,16-9?. The van der Waals surface area contributed by atoms with Gasteiger partial charge in [-0.25, -0.2) is 4.79 Å². The Labute approximate surface area is 117 Å². The molecule has 0 atom stereocenters. The van der Waals surface area contributed by atoms with Gasteiger partial charge in [0.25, 0.3) is 0 Å². The van der Waals surface area contributed by atoms with Crippen molar-refractivity contribution in [2.45, 2.75) is 13.8 Å². The summed E-state index contributed by atoms with van der Waals surface area (Å²) in [4.78, 5) is 15.8. The Morgan fingerprint density at radius 3 is 2.68 bits per heavy atom. The molecule has 1 aromatic carbocycles. The second kappa shape index (κ2) is 7.59. The molecule has 1 N–H and O–H groups in total. The van der Waals surface area contributed by atoms with E-state index in [1.165, 1.54) is 6.21 Å². The molecular weight excluding hydrogens is 266 g/mol. The summed E-state index contributed by atoms with van der Waals surface area (Å²) in [7, 11) is 0. The highest BCUT2D eigenvalue weighted by Gasteiger charge is 2.17. The molecule has 0 aromatic heterocycles. The van der Waals surface area contributed by atoms with Crippen LogP contribution in [0.4, 0.5) is 0 Å². The van der Waals surface area contributed by atoms with Crippen molar-refractivity contribution < 1.29 is 14.6 Å². The average Bonchev–Trinajstić information content (AvgIpc) is 2.39. The van der Waals surface area contributed by atoms with E-state index in [2.05, 4.69) is 4.99 Å². The first kappa shape index (κ1) is 15.2. The normalized spacial score (nSPS) is 12.4. The molecule has 0 radical (unpaired) electrons. The molecular formula is C14H16ClNO3. The SMILES string of the molecule is CCN=C/C(C(=O)OCC)=C(\O)c1ccccc1Cl. The van der Waals surface area contributed by atoms with Crippen LogP contribution in [0.15, 0.2) is 34.8 Å². The molecule has 102 valence electrons. The van der Waals surface area contributed by atoms with Crippen LogP contribution in [0, 0.1) is 0 Å². The molecule has 5 heteroatoms. The van der Waals surface area contributed by atoms with Gasteiger partial charge in [-0.1, -0.05) is 23.7 Å². The molecule has 19 heavy (non-hydrogen) atoms. The second-order valence-corrected chi connectivity index (χ2v) is 4.00. The molecule has 0 bridgehead atoms. The number of hydrogen-bond donors (Lipinski definition) is 1. The van der Waals surface area contributed by atoms with E-state index in [-0.39, 0.29) is 17.9 Å². The van der Waals surface area contributed by atoms with E-state index in [0.717, 1.165) is 0 Å². The Bertz CT molecular complexity index is 509. The van der Waals surface area contributed by atoms with Crippen molar-refractivity contribution in [3.05, 3.63) is 40.4 Å². The Balaban J connectivity index is 3.27. The number of benzene rings is 1. The van der Waals surface area contributed by atoms with Gasteiger partial charge >= 0.3 is 5.97 Å². The smallest absolute Gasteiger partial charge is 0.343 e. The monoisotopic (exact) mass is 281 g/mol. The number of aliphatic hydroxyl groups excluding tert-OH is 1. The zero-order valence-corrected chi connectivity index (χ0v) is 11.6. The molecule has 4 nitrogen and oxygen atoms in total. The lowest BCUT2D eigenvalue weighted by atomic mass is 10.1. The zero-order chi connectivity index (χ0) is 14.3. The van der Waals surface area contributed by atoms with Gasteiger partial charge in [0.05, 0.1) is 11.6 Å². The minimum Gasteiger partial charge on any atom is -0.506 e. The molecule has 0 amide bonds. The number of carbonyl (C=O) groups is 1. The maximum absolute atomic E-state index is 11.8. The van der Waals surface area contributed by atoms with Crippen LogP contribution < -0.4 is 0 Å². The molecule has 0 fully saturated rings. The van der Waals surface area contributed by atoms with Crippen LogP contribution in [0.25, 0.3) is 5.76 Å². The fourth-order valence-electron chi connectivity index (χ4n) is 1.40. The largest absolute Gasteiger partial charge is 0.506 e. The number of ether oxygens (including phenoxy) is 1. The third-order valence-electron chi connectivity index (χ3n) is 2.28. The highest BCUT2D eigenvalue weighted by atomic mass is 35.5. The first-order valence-corrected chi connectivity index (χ1v) is 6.34. The van der Waals surface area contributed by atoms with E-state index in [4.69, 9.17) is 16.3 Å². The number of halogens is 1. The fourth-order valence-corrected chi connectivity index (χ4v) is 1.63. The van der Waals surface area contributed by atoms with Gasteiger partial charge in [0, 0.05) is 18.3 Å². The van der Waals surface area contributed by atoms with E-state index in [1.807, 2.05) is 6.92 Å². The molecule has 0 heterocycles. The minimum absolute atomic E-state index is 0.00296. The van der Waals surface area contributed by atoms with Crippen molar-refractivity contribution >= 4 is 29.5 Å². The molecule has 0 saturated carbocycles. The Morgan fingerprint density at radius 1 is 1.42 bits per heavy atom. The molecule has 1 rings (SSSR count). The number of esters is 1. The molecule has 0 aliphatic heterocycles. The van der Waals surface area contributed by atoms with Crippen LogP contribution >= 0.6 is 11.6 Å². The van der Waals surface area contributed by atoms with Gasteiger partial charge in [-0.15, -0.1) is 0 Å². The topological polar surface area (TPSA) is 58.9 Å². The van der Waals surface area contributed by atoms with Crippen molar-refractivity contribution in [2.24, 2.45) is 4.99 Å². The molecule has 0 spiro atoms. The van der Waals surface area contributed by atoms with E-state index < -0.39 is 5.97 Å². The summed E-state index contributed by atoms with van der Waals surface area (Å²) in [6, 6.07) is 6.71. The molecule has 0 aliphatic carbocycles. The zero-order valence-electron chi connectivity index (χ0n) is 10.9. The van der Waals surface area contributed by atoms with Crippen LogP contribution in [0.3, 0.4) is 0 Å². The van der Waals surface area contributed by atoms with Crippen LogP contribution in [0.1, 0.15) is 19.4 Å². The van der Waals surface area contributed by atoms with Crippen LogP contribution in [-0.4, -0.2) is 30.4 Å². The van der Waals surface area contributed by atoms with Crippen LogP contribution in [0.2, 0.25) is 5.02 Å². The van der Waals surface area contributed by atoms with Gasteiger partial charge in [-0.05, 0) is 26.0 Å². The highest BCUT2D eigenvalue weighted by molar-refractivity contribution is 6.32. The van der Waals surface area contributed by atoms with Gasteiger partial charge in [0.15, 0.2) is 0 Å². The summed E-state index contributed by atoms with van der Waals surface area (Å²) >= 11 is 5.99. The predicted molar refractivity (Wildman–Crippen MR) is 76.7 cm³/mol. The maximum Gasteiger partial charge on any atom is 0.343 e. The van der Waals surface area contributed by atoms with Gasteiger partial charge < -0.3 is 9.84 Å². The van der Waals surface area contributed by atoms with Crippen LogP contribution in [0.5, 0.6) is 0 Å². The Kier molecular flexibility index (Phi) is 6.09. The number of hydrogen-bond acceptors (Lipinski definition) is 4. The van der Waals surface area contributed by atoms with Crippen LogP contribution in [-0.2, 0) is 9.53 Å². The summed E-state index contributed by atoms with van der Waals surface area (Å²) < 4.78 is 4.89. The van der Waals surface area contributed by atoms with Gasteiger partial charge in [-0.3, -0.25) is 4.99 Å². The summed E-state index contributed by atoms with van der Waals surface area (Å²) in [5.41, 5.74) is 0.367. The molecule has 0 unspecified atom stereocenters. The first-order valence-electron chi connectivity index (χ1n) is 5.96. The molecule has 0 aliphatic rings. The van der Waals surface area contributed by atoms with Crippen molar-refractivity contribution in [1.82, 2.24) is 0 Å². The van der Waals surface area contributed by atoms with E-state index >= 15 is 0 Å². The average molecular weight is 282 g/mol. The lowest BCUT2D eigenvalue weighted by molar-refractivity contribution is -0.137. The van der Waals surface area contributed by atoms with Crippen molar-refractivity contribution in [1.29, 1.82) is 0 Å². The number of aliphatic hydroxyl groups is 1. The summed E-state index contributed by atoms with van der Waals surface area (Å²) in [5.74, 6) is -0.863. The number of carbonyl (C=O) groups excluding carboxylic acids is 1. The summed E-state index contributed by atoms with van der Waals surface area (Å²) in [6.07, 6.45) is 1.30. The number of rotatable bonds is 5. The van der Waals surface area contributed by atoms with E-state index in [0.29, 0.717) is 17.1 Å². The third-order valence-corrected chi connectivity index (χ3v) is 2.61. The summed E-state index contributed by atoms with van der Waals surface area (Å²) in [5, 5.41) is 10.5. The van der Waals surface area contributed by atoms with Gasteiger partial charge in [0.2, 0.25) is 0 Å². The Morgan fingerprint density at radius 2 is 2.11 bits per heavy atom. The van der Waals surface area contributed by atoms with E-state index in [1.54, 1.807) is 31.2 Å². The Hall–Kier alpha value is -1.81. The van der Waals surface area contributed by atoms with Gasteiger partial charge in [0.1, 0.15) is 11.3 Å². The molecule has 1 aromatic rings. The van der Waals surface area contributed by atoms with Crippen molar-refractivity contribution in [3.63, 3.8) is 0 Å². The predicted octanol–water partition coefficient (Wildman–Crippen LogP) is 3.26. The summed E-state index contributed by atoms with van der Waals surface area (Å²) in [6.45, 7) is 4.24. The number of aliphatic imine (C=N–C) groups is 1. The molecule has 0 saturated heterocycles.